The zero-order valence-electron chi connectivity index (χ0n) is 9.99. The van der Waals surface area contributed by atoms with Gasteiger partial charge >= 0.3 is 0 Å². The Hall–Kier alpha value is -1.53. The summed E-state index contributed by atoms with van der Waals surface area (Å²) in [6, 6.07) is 3.42. The predicted molar refractivity (Wildman–Crippen MR) is 60.7 cm³/mol. The molecule has 0 saturated carbocycles. The topological polar surface area (TPSA) is 64.4 Å². The third kappa shape index (κ3) is 4.88. The molecule has 0 amide bonds. The number of nitrogens with zero attached hydrogens (tertiary/aromatic N) is 1. The number of hydrogen-bond donors (Lipinski definition) is 1. The Morgan fingerprint density at radius 3 is 2.59 bits per heavy atom. The molecule has 0 aromatic heterocycles. The maximum absolute atomic E-state index is 13.1. The van der Waals surface area contributed by atoms with Crippen molar-refractivity contribution in [2.24, 2.45) is 0 Å². The van der Waals surface area contributed by atoms with Crippen molar-refractivity contribution >= 4 is 5.69 Å². The van der Waals surface area contributed by atoms with E-state index in [4.69, 9.17) is 4.84 Å². The molecule has 0 unspecified atom stereocenters. The summed E-state index contributed by atoms with van der Waals surface area (Å²) in [5.41, 5.74) is 2.46. The molecule has 0 aliphatic carbocycles. The Kier molecular flexibility index (Phi) is 4.14. The average Bonchev–Trinajstić information content (AvgIpc) is 2.14. The molecule has 0 aliphatic rings. The summed E-state index contributed by atoms with van der Waals surface area (Å²) < 4.78 is 13.1. The molecular weight excluding hydrogens is 227 g/mol. The van der Waals surface area contributed by atoms with Crippen molar-refractivity contribution in [1.29, 1.82) is 0 Å². The fraction of sp³-hybridized carbons (Fsp3) is 0.455. The first-order chi connectivity index (χ1) is 7.78. The highest BCUT2D eigenvalue weighted by Gasteiger charge is 2.12. The maximum Gasteiger partial charge on any atom is 0.272 e. The molecule has 0 aliphatic heterocycles. The smallest absolute Gasteiger partial charge is 0.272 e. The van der Waals surface area contributed by atoms with Gasteiger partial charge in [-0.05, 0) is 32.4 Å². The molecule has 1 N–H and O–H groups in total. The van der Waals surface area contributed by atoms with Gasteiger partial charge < -0.3 is 0 Å². The van der Waals surface area contributed by atoms with Gasteiger partial charge in [-0.15, -0.1) is 0 Å². The highest BCUT2D eigenvalue weighted by Crippen LogP contribution is 2.16. The van der Waals surface area contributed by atoms with Crippen molar-refractivity contribution in [3.8, 4) is 0 Å². The van der Waals surface area contributed by atoms with Crippen LogP contribution in [-0.2, 0) is 11.4 Å². The molecule has 17 heavy (non-hydrogen) atoms. The van der Waals surface area contributed by atoms with Crippen LogP contribution in [0.25, 0.3) is 0 Å². The van der Waals surface area contributed by atoms with Crippen LogP contribution in [0.4, 0.5) is 10.1 Å². The normalized spacial score (nSPS) is 11.5. The minimum Gasteiger partial charge on any atom is -0.296 e. The van der Waals surface area contributed by atoms with Crippen LogP contribution in [0.2, 0.25) is 0 Å². The Bertz CT molecular complexity index is 416. The number of nitro groups is 1. The van der Waals surface area contributed by atoms with Crippen LogP contribution in [0.1, 0.15) is 26.3 Å². The Labute approximate surface area is 98.7 Å². The highest BCUT2D eigenvalue weighted by molar-refractivity contribution is 5.35. The highest BCUT2D eigenvalue weighted by atomic mass is 19.1. The van der Waals surface area contributed by atoms with Crippen molar-refractivity contribution in [2.45, 2.75) is 32.9 Å². The van der Waals surface area contributed by atoms with E-state index in [1.165, 1.54) is 12.1 Å². The summed E-state index contributed by atoms with van der Waals surface area (Å²) in [5, 5.41) is 10.5. The fourth-order valence-electron chi connectivity index (χ4n) is 1.18. The third-order valence-electron chi connectivity index (χ3n) is 1.81. The van der Waals surface area contributed by atoms with E-state index in [0.29, 0.717) is 5.56 Å². The minimum atomic E-state index is -0.633. The minimum absolute atomic E-state index is 0.204. The van der Waals surface area contributed by atoms with E-state index in [1.807, 2.05) is 20.8 Å². The molecule has 0 bridgehead atoms. The molecule has 0 atom stereocenters. The van der Waals surface area contributed by atoms with Crippen molar-refractivity contribution in [3.63, 3.8) is 0 Å². The predicted octanol–water partition coefficient (Wildman–Crippen LogP) is 2.55. The summed E-state index contributed by atoms with van der Waals surface area (Å²) >= 11 is 0. The molecule has 0 heterocycles. The van der Waals surface area contributed by atoms with Gasteiger partial charge in [0.05, 0.1) is 16.6 Å². The summed E-state index contributed by atoms with van der Waals surface area (Å²) in [6.45, 7) is 5.77. The van der Waals surface area contributed by atoms with Gasteiger partial charge in [-0.1, -0.05) is 0 Å². The summed E-state index contributed by atoms with van der Waals surface area (Å²) in [6.07, 6.45) is 0. The quantitative estimate of drug-likeness (QED) is 0.651. The first-order valence-electron chi connectivity index (χ1n) is 5.13. The van der Waals surface area contributed by atoms with Gasteiger partial charge in [0, 0.05) is 12.6 Å². The zero-order valence-corrected chi connectivity index (χ0v) is 9.99. The van der Waals surface area contributed by atoms with Crippen LogP contribution in [0, 0.1) is 15.9 Å². The van der Waals surface area contributed by atoms with Crippen LogP contribution >= 0.6 is 0 Å². The van der Waals surface area contributed by atoms with Crippen LogP contribution < -0.4 is 5.48 Å². The lowest BCUT2D eigenvalue weighted by molar-refractivity contribution is -0.385. The molecule has 94 valence electrons. The number of non-ortho nitro benzene ring substituents is 1. The first-order valence-corrected chi connectivity index (χ1v) is 5.13. The lowest BCUT2D eigenvalue weighted by atomic mass is 10.2. The number of rotatable bonds is 4. The fourth-order valence-corrected chi connectivity index (χ4v) is 1.18. The standard InChI is InChI=1S/C11H15FN2O3/c1-11(2,3)17-13-7-8-4-9(12)6-10(5-8)14(15)16/h4-6,13H,7H2,1-3H3. The first kappa shape index (κ1) is 13.5. The van der Waals surface area contributed by atoms with Crippen LogP contribution in [0.15, 0.2) is 18.2 Å². The largest absolute Gasteiger partial charge is 0.296 e. The third-order valence-corrected chi connectivity index (χ3v) is 1.81. The van der Waals surface area contributed by atoms with Crippen molar-refractivity contribution in [1.82, 2.24) is 5.48 Å². The Morgan fingerprint density at radius 1 is 1.41 bits per heavy atom. The Balaban J connectivity index is 2.68. The van der Waals surface area contributed by atoms with Crippen LogP contribution in [-0.4, -0.2) is 10.5 Å². The molecule has 0 saturated heterocycles. The average molecular weight is 242 g/mol. The van der Waals surface area contributed by atoms with E-state index in [2.05, 4.69) is 5.48 Å². The molecule has 0 radical (unpaired) electrons. The van der Waals surface area contributed by atoms with E-state index in [-0.39, 0.29) is 17.8 Å². The number of nitrogens with one attached hydrogen (secondary N) is 1. The Morgan fingerprint density at radius 2 is 2.06 bits per heavy atom. The second-order valence-electron chi connectivity index (χ2n) is 4.61. The molecule has 0 spiro atoms. The molecule has 1 aromatic carbocycles. The van der Waals surface area contributed by atoms with Crippen molar-refractivity contribution in [3.05, 3.63) is 39.7 Å². The number of hydroxylamine groups is 1. The van der Waals surface area contributed by atoms with Gasteiger partial charge in [-0.3, -0.25) is 15.0 Å². The molecule has 5 nitrogen and oxygen atoms in total. The van der Waals surface area contributed by atoms with Gasteiger partial charge in [0.15, 0.2) is 0 Å². The SMILES string of the molecule is CC(C)(C)ONCc1cc(F)cc([N+](=O)[O-])c1. The van der Waals surface area contributed by atoms with Gasteiger partial charge in [-0.2, -0.15) is 5.48 Å². The summed E-state index contributed by atoms with van der Waals surface area (Å²) in [5.74, 6) is -0.633. The van der Waals surface area contributed by atoms with Gasteiger partial charge in [0.25, 0.3) is 5.69 Å². The molecular formula is C11H15FN2O3. The maximum atomic E-state index is 13.1. The van der Waals surface area contributed by atoms with Gasteiger partial charge in [0.2, 0.25) is 0 Å². The second-order valence-corrected chi connectivity index (χ2v) is 4.61. The van der Waals surface area contributed by atoms with Crippen LogP contribution in [0.3, 0.4) is 0 Å². The molecule has 6 heteroatoms. The zero-order chi connectivity index (χ0) is 13.1. The second kappa shape index (κ2) is 5.20. The van der Waals surface area contributed by atoms with E-state index >= 15 is 0 Å². The van der Waals surface area contributed by atoms with E-state index in [1.54, 1.807) is 0 Å². The number of nitro benzene ring substituents is 1. The number of hydrogen-bond acceptors (Lipinski definition) is 4. The lowest BCUT2D eigenvalue weighted by Crippen LogP contribution is -2.28. The van der Waals surface area contributed by atoms with Gasteiger partial charge in [0.1, 0.15) is 5.82 Å². The summed E-state index contributed by atoms with van der Waals surface area (Å²) in [4.78, 5) is 15.1. The van der Waals surface area contributed by atoms with E-state index in [9.17, 15) is 14.5 Å². The van der Waals surface area contributed by atoms with Crippen LogP contribution in [0.5, 0.6) is 0 Å². The molecule has 1 rings (SSSR count). The lowest BCUT2D eigenvalue weighted by Gasteiger charge is -2.19. The number of benzene rings is 1. The number of halogens is 1. The summed E-state index contributed by atoms with van der Waals surface area (Å²) in [7, 11) is 0. The molecule has 0 fully saturated rings. The monoisotopic (exact) mass is 242 g/mol. The van der Waals surface area contributed by atoms with Crippen molar-refractivity contribution < 1.29 is 14.2 Å². The van der Waals surface area contributed by atoms with Crippen molar-refractivity contribution in [2.75, 3.05) is 0 Å². The molecule has 1 aromatic rings. The van der Waals surface area contributed by atoms with E-state index in [0.717, 1.165) is 6.07 Å². The van der Waals surface area contributed by atoms with E-state index < -0.39 is 10.7 Å². The van der Waals surface area contributed by atoms with Gasteiger partial charge in [-0.25, -0.2) is 4.39 Å².